The van der Waals surface area contributed by atoms with Crippen LogP contribution in [0.2, 0.25) is 0 Å². The van der Waals surface area contributed by atoms with Crippen LogP contribution in [0.4, 0.5) is 0 Å². The summed E-state index contributed by atoms with van der Waals surface area (Å²) in [6, 6.07) is 0. The first kappa shape index (κ1) is 41.3. The molecule has 0 heterocycles. The van der Waals surface area contributed by atoms with E-state index in [4.69, 9.17) is 10.2 Å². The summed E-state index contributed by atoms with van der Waals surface area (Å²) in [5.41, 5.74) is -0.0374. The lowest BCUT2D eigenvalue weighted by Gasteiger charge is -2.47. The summed E-state index contributed by atoms with van der Waals surface area (Å²) in [7, 11) is 0. The van der Waals surface area contributed by atoms with Gasteiger partial charge in [0.25, 0.3) is 0 Å². The first-order chi connectivity index (χ1) is 16.1. The number of hydrogen-bond acceptors (Lipinski definition) is 4. The molecule has 0 amide bonds. The molecule has 1 unspecified atom stereocenters. The van der Waals surface area contributed by atoms with Crippen molar-refractivity contribution in [3.8, 4) is 0 Å². The fourth-order valence-electron chi connectivity index (χ4n) is 4.19. The third-order valence-electron chi connectivity index (χ3n) is 11.9. The van der Waals surface area contributed by atoms with E-state index in [0.29, 0.717) is 17.3 Å². The lowest BCUT2D eigenvalue weighted by atomic mass is 9.60. The highest BCUT2D eigenvalue weighted by molar-refractivity contribution is 4.93. The minimum absolute atomic E-state index is 0.00907. The fourth-order valence-corrected chi connectivity index (χ4v) is 4.19. The van der Waals surface area contributed by atoms with Gasteiger partial charge in [-0.15, -0.1) is 0 Å². The molecule has 0 aliphatic rings. The van der Waals surface area contributed by atoms with Gasteiger partial charge in [0.2, 0.25) is 0 Å². The fraction of sp³-hybridized carbons (Fsp3) is 1.00. The van der Waals surface area contributed by atoms with E-state index in [-0.39, 0.29) is 34.9 Å². The molecule has 0 fully saturated rings. The zero-order valence-electron chi connectivity index (χ0n) is 28.7. The monoisotopic (exact) mass is 533 g/mol. The van der Waals surface area contributed by atoms with Crippen molar-refractivity contribution in [2.24, 2.45) is 56.7 Å². The molecule has 0 aromatic rings. The minimum atomic E-state index is -0.648. The van der Waals surface area contributed by atoms with Crippen molar-refractivity contribution in [2.45, 2.75) is 144 Å². The van der Waals surface area contributed by atoms with E-state index in [0.717, 1.165) is 17.8 Å². The number of aliphatic hydroxyl groups is 4. The third kappa shape index (κ3) is 10.7. The molecule has 0 spiro atoms. The topological polar surface area (TPSA) is 80.9 Å². The molecular weight excluding hydrogens is 460 g/mol. The van der Waals surface area contributed by atoms with E-state index < -0.39 is 12.2 Å². The summed E-state index contributed by atoms with van der Waals surface area (Å²) in [5, 5.41) is 37.4. The maximum atomic E-state index is 9.72. The van der Waals surface area contributed by atoms with Crippen molar-refractivity contribution in [3.05, 3.63) is 0 Å². The third-order valence-corrected chi connectivity index (χ3v) is 11.9. The largest absolute Gasteiger partial charge is 0.394 e. The standard InChI is InChI=1S/2C11H24O2.C11H24/c2*1-8(2)10(3,4)11(5,6)9(13)7-12;1-8(2)10(5)11(6,7)9(3)4/h2*8-9,12-13H,7H2,1-6H3;8-10H,1-7H3/t2*9-;/m10./s1. The zero-order valence-corrected chi connectivity index (χ0v) is 28.7. The van der Waals surface area contributed by atoms with Crippen LogP contribution in [0.15, 0.2) is 0 Å². The molecule has 0 aromatic heterocycles. The van der Waals surface area contributed by atoms with Crippen LogP contribution in [0.1, 0.15) is 132 Å². The summed E-state index contributed by atoms with van der Waals surface area (Å²) in [6.45, 7) is 41.2. The van der Waals surface area contributed by atoms with E-state index in [1.54, 1.807) is 0 Å². The lowest BCUT2D eigenvalue weighted by molar-refractivity contribution is -0.0807. The van der Waals surface area contributed by atoms with Crippen LogP contribution >= 0.6 is 0 Å². The second-order valence-corrected chi connectivity index (χ2v) is 15.6. The zero-order chi connectivity index (χ0) is 31.0. The van der Waals surface area contributed by atoms with E-state index in [9.17, 15) is 10.2 Å². The van der Waals surface area contributed by atoms with Gasteiger partial charge in [-0.1, -0.05) is 132 Å². The van der Waals surface area contributed by atoms with Crippen molar-refractivity contribution in [1.29, 1.82) is 0 Å². The Bertz CT molecular complexity index is 559. The molecule has 0 aliphatic heterocycles. The first-order valence-corrected chi connectivity index (χ1v) is 14.7. The molecule has 0 rings (SSSR count). The molecule has 0 radical (unpaired) electrons. The number of aliphatic hydroxyl groups excluding tert-OH is 4. The average Bonchev–Trinajstić information content (AvgIpc) is 2.77. The molecule has 0 aromatic carbocycles. The van der Waals surface area contributed by atoms with Gasteiger partial charge in [-0.05, 0) is 56.7 Å². The summed E-state index contributed by atoms with van der Waals surface area (Å²) < 4.78 is 0. The SMILES string of the molecule is CC(C)C(C)(C)C(C)(C)[C@@H](O)CO.CC(C)C(C)(C)C(C)(C)[C@H](O)CO.CC(C)C(C)C(C)(C)C(C)C. The molecule has 0 aliphatic carbocycles. The predicted octanol–water partition coefficient (Wildman–Crippen LogP) is 8.06. The van der Waals surface area contributed by atoms with Crippen LogP contribution in [0.3, 0.4) is 0 Å². The van der Waals surface area contributed by atoms with Gasteiger partial charge in [0.15, 0.2) is 0 Å². The van der Waals surface area contributed by atoms with Crippen molar-refractivity contribution >= 4 is 0 Å². The Balaban J connectivity index is -0.000000471. The van der Waals surface area contributed by atoms with Crippen LogP contribution in [-0.4, -0.2) is 45.8 Å². The Hall–Kier alpha value is -0.160. The minimum Gasteiger partial charge on any atom is -0.394 e. The molecule has 0 saturated heterocycles. The number of hydrogen-bond donors (Lipinski definition) is 4. The second-order valence-electron chi connectivity index (χ2n) is 15.6. The van der Waals surface area contributed by atoms with Crippen LogP contribution in [0.25, 0.3) is 0 Å². The van der Waals surface area contributed by atoms with Gasteiger partial charge in [0.05, 0.1) is 25.4 Å². The van der Waals surface area contributed by atoms with Crippen molar-refractivity contribution in [2.75, 3.05) is 13.2 Å². The van der Waals surface area contributed by atoms with Gasteiger partial charge in [-0.2, -0.15) is 0 Å². The van der Waals surface area contributed by atoms with Crippen molar-refractivity contribution in [3.63, 3.8) is 0 Å². The first-order valence-electron chi connectivity index (χ1n) is 14.7. The molecule has 37 heavy (non-hydrogen) atoms. The maximum absolute atomic E-state index is 9.72. The smallest absolute Gasteiger partial charge is 0.0826 e. The van der Waals surface area contributed by atoms with Gasteiger partial charge < -0.3 is 20.4 Å². The van der Waals surface area contributed by atoms with Crippen LogP contribution in [0, 0.1) is 56.7 Å². The average molecular weight is 533 g/mol. The second kappa shape index (κ2) is 15.6. The molecule has 4 nitrogen and oxygen atoms in total. The van der Waals surface area contributed by atoms with Crippen LogP contribution in [-0.2, 0) is 0 Å². The molecule has 4 heteroatoms. The Morgan fingerprint density at radius 1 is 0.432 bits per heavy atom. The van der Waals surface area contributed by atoms with Gasteiger partial charge in [0.1, 0.15) is 0 Å². The summed E-state index contributed by atoms with van der Waals surface area (Å²) in [6.07, 6.45) is -1.30. The van der Waals surface area contributed by atoms with Crippen molar-refractivity contribution in [1.82, 2.24) is 0 Å². The van der Waals surface area contributed by atoms with Gasteiger partial charge in [0, 0.05) is 0 Å². The maximum Gasteiger partial charge on any atom is 0.0826 e. The van der Waals surface area contributed by atoms with E-state index in [1.807, 2.05) is 27.7 Å². The molecular formula is C33H72O4. The summed E-state index contributed by atoms with van der Waals surface area (Å²) >= 11 is 0. The lowest BCUT2D eigenvalue weighted by Crippen LogP contribution is -2.47. The molecule has 0 saturated carbocycles. The Kier molecular flexibility index (Phi) is 17.4. The highest BCUT2D eigenvalue weighted by atomic mass is 16.3. The normalized spacial score (nSPS) is 16.3. The summed E-state index contributed by atoms with van der Waals surface area (Å²) in [5.74, 6) is 3.34. The molecule has 228 valence electrons. The summed E-state index contributed by atoms with van der Waals surface area (Å²) in [4.78, 5) is 0. The quantitative estimate of drug-likeness (QED) is 0.217. The molecule has 3 atom stereocenters. The Labute approximate surface area is 234 Å². The highest BCUT2D eigenvalue weighted by Gasteiger charge is 2.44. The number of rotatable bonds is 11. The predicted molar refractivity (Wildman–Crippen MR) is 164 cm³/mol. The van der Waals surface area contributed by atoms with Crippen LogP contribution in [0.5, 0.6) is 0 Å². The van der Waals surface area contributed by atoms with E-state index >= 15 is 0 Å². The Morgan fingerprint density at radius 3 is 0.784 bits per heavy atom. The van der Waals surface area contributed by atoms with Crippen LogP contribution < -0.4 is 0 Å². The van der Waals surface area contributed by atoms with E-state index in [2.05, 4.69) is 104 Å². The molecule has 0 bridgehead atoms. The Morgan fingerprint density at radius 2 is 0.676 bits per heavy atom. The van der Waals surface area contributed by atoms with Gasteiger partial charge in [-0.25, -0.2) is 0 Å². The molecule has 4 N–H and O–H groups in total. The van der Waals surface area contributed by atoms with E-state index in [1.165, 1.54) is 0 Å². The van der Waals surface area contributed by atoms with Crippen molar-refractivity contribution < 1.29 is 20.4 Å². The van der Waals surface area contributed by atoms with Gasteiger partial charge >= 0.3 is 0 Å². The van der Waals surface area contributed by atoms with Gasteiger partial charge in [-0.3, -0.25) is 0 Å². The highest BCUT2D eigenvalue weighted by Crippen LogP contribution is 2.47.